The van der Waals surface area contributed by atoms with Crippen molar-refractivity contribution in [2.24, 2.45) is 0 Å². The number of hydrogen-bond acceptors (Lipinski definition) is 5. The highest BCUT2D eigenvalue weighted by Gasteiger charge is 2.18. The molecule has 30 heavy (non-hydrogen) atoms. The van der Waals surface area contributed by atoms with Crippen LogP contribution in [0.1, 0.15) is 25.8 Å². The summed E-state index contributed by atoms with van der Waals surface area (Å²) in [5.41, 5.74) is 2.39. The minimum atomic E-state index is -0.152. The van der Waals surface area contributed by atoms with Gasteiger partial charge in [0, 0.05) is 6.04 Å². The number of para-hydroxylation sites is 1. The summed E-state index contributed by atoms with van der Waals surface area (Å²) in [5, 5.41) is 12.7. The largest absolute Gasteiger partial charge is 0.353 e. The maximum Gasteiger partial charge on any atom is 0.267 e. The van der Waals surface area contributed by atoms with Gasteiger partial charge in [-0.1, -0.05) is 48.5 Å². The first kappa shape index (κ1) is 20.2. The van der Waals surface area contributed by atoms with E-state index in [0.29, 0.717) is 16.3 Å². The third-order valence-electron chi connectivity index (χ3n) is 5.04. The number of fused-ring (bicyclic) bond motifs is 3. The predicted octanol–water partition coefficient (Wildman–Crippen LogP) is 3.35. The Balaban J connectivity index is 1.84. The van der Waals surface area contributed by atoms with Crippen molar-refractivity contribution in [2.75, 3.05) is 5.75 Å². The third-order valence-corrected chi connectivity index (χ3v) is 5.97. The Morgan fingerprint density at radius 2 is 1.87 bits per heavy atom. The van der Waals surface area contributed by atoms with Crippen molar-refractivity contribution >= 4 is 34.3 Å². The van der Waals surface area contributed by atoms with Crippen LogP contribution in [0.4, 0.5) is 0 Å². The van der Waals surface area contributed by atoms with Crippen molar-refractivity contribution in [3.8, 4) is 5.69 Å². The fraction of sp³-hybridized carbons (Fsp3) is 0.273. The van der Waals surface area contributed by atoms with Gasteiger partial charge < -0.3 is 5.32 Å². The van der Waals surface area contributed by atoms with E-state index in [9.17, 15) is 9.59 Å². The molecule has 2 aromatic heterocycles. The average Bonchev–Trinajstić information content (AvgIpc) is 3.17. The zero-order chi connectivity index (χ0) is 21.3. The van der Waals surface area contributed by atoms with Gasteiger partial charge in [0.15, 0.2) is 5.16 Å². The molecule has 4 aromatic rings. The third kappa shape index (κ3) is 3.70. The van der Waals surface area contributed by atoms with Gasteiger partial charge in [-0.25, -0.2) is 4.57 Å². The Morgan fingerprint density at radius 1 is 1.13 bits per heavy atom. The number of hydrogen-bond donors (Lipinski definition) is 1. The van der Waals surface area contributed by atoms with Crippen LogP contribution in [0.2, 0.25) is 0 Å². The molecule has 8 heteroatoms. The molecule has 2 heterocycles. The average molecular weight is 422 g/mol. The van der Waals surface area contributed by atoms with Gasteiger partial charge in [-0.05, 0) is 44.5 Å². The Hall–Kier alpha value is -3.13. The molecule has 1 amide bonds. The van der Waals surface area contributed by atoms with Gasteiger partial charge in [-0.2, -0.15) is 0 Å². The number of aryl methyl sites for hydroxylation is 1. The van der Waals surface area contributed by atoms with Crippen LogP contribution in [0.25, 0.3) is 22.4 Å². The van der Waals surface area contributed by atoms with Crippen LogP contribution in [-0.2, 0) is 4.79 Å². The van der Waals surface area contributed by atoms with Gasteiger partial charge in [0.25, 0.3) is 5.56 Å². The number of aromatic nitrogens is 4. The summed E-state index contributed by atoms with van der Waals surface area (Å²) in [6.45, 7) is 6.00. The van der Waals surface area contributed by atoms with Crippen LogP contribution in [0.15, 0.2) is 58.5 Å². The molecule has 0 aliphatic carbocycles. The molecule has 7 nitrogen and oxygen atoms in total. The van der Waals surface area contributed by atoms with Crippen LogP contribution >= 0.6 is 11.8 Å². The molecule has 0 spiro atoms. The molecule has 1 atom stereocenters. The Morgan fingerprint density at radius 3 is 2.60 bits per heavy atom. The number of amides is 1. The van der Waals surface area contributed by atoms with Crippen LogP contribution in [0.3, 0.4) is 0 Å². The van der Waals surface area contributed by atoms with Crippen LogP contribution in [-0.4, -0.2) is 36.9 Å². The van der Waals surface area contributed by atoms with E-state index in [1.807, 2.05) is 67.6 Å². The zero-order valence-electron chi connectivity index (χ0n) is 17.1. The van der Waals surface area contributed by atoms with Gasteiger partial charge in [-0.15, -0.1) is 10.2 Å². The van der Waals surface area contributed by atoms with Gasteiger partial charge in [0.05, 0.1) is 22.3 Å². The molecule has 0 saturated heterocycles. The number of benzene rings is 2. The number of carbonyl (C=O) groups is 1. The number of carbonyl (C=O) groups excluding carboxylic acids is 1. The van der Waals surface area contributed by atoms with Crippen LogP contribution < -0.4 is 10.9 Å². The van der Waals surface area contributed by atoms with Crippen molar-refractivity contribution in [3.63, 3.8) is 0 Å². The predicted molar refractivity (Wildman–Crippen MR) is 119 cm³/mol. The van der Waals surface area contributed by atoms with Gasteiger partial charge in [0.1, 0.15) is 0 Å². The molecule has 1 unspecified atom stereocenters. The summed E-state index contributed by atoms with van der Waals surface area (Å²) in [7, 11) is 0. The molecule has 0 radical (unpaired) electrons. The summed E-state index contributed by atoms with van der Waals surface area (Å²) in [6.07, 6.45) is 0.873. The highest BCUT2D eigenvalue weighted by atomic mass is 32.2. The Kier molecular flexibility index (Phi) is 5.59. The molecular weight excluding hydrogens is 398 g/mol. The van der Waals surface area contributed by atoms with Crippen molar-refractivity contribution in [3.05, 3.63) is 64.4 Å². The van der Waals surface area contributed by atoms with E-state index in [2.05, 4.69) is 15.5 Å². The molecule has 154 valence electrons. The summed E-state index contributed by atoms with van der Waals surface area (Å²) >= 11 is 1.31. The first-order chi connectivity index (χ1) is 14.5. The van der Waals surface area contributed by atoms with E-state index in [0.717, 1.165) is 23.2 Å². The zero-order valence-corrected chi connectivity index (χ0v) is 17.9. The lowest BCUT2D eigenvalue weighted by atomic mass is 10.2. The summed E-state index contributed by atoms with van der Waals surface area (Å²) in [5.74, 6) is 0.595. The topological polar surface area (TPSA) is 81.3 Å². The molecule has 4 rings (SSSR count). The Labute approximate surface area is 178 Å². The van der Waals surface area contributed by atoms with E-state index in [4.69, 9.17) is 0 Å². The molecule has 0 fully saturated rings. The molecule has 0 aliphatic rings. The van der Waals surface area contributed by atoms with Crippen molar-refractivity contribution in [1.29, 1.82) is 0 Å². The molecule has 0 bridgehead atoms. The molecule has 2 aromatic carbocycles. The highest BCUT2D eigenvalue weighted by molar-refractivity contribution is 7.99. The lowest BCUT2D eigenvalue weighted by Gasteiger charge is -2.12. The smallest absolute Gasteiger partial charge is 0.267 e. The number of rotatable bonds is 6. The first-order valence-electron chi connectivity index (χ1n) is 9.87. The Bertz CT molecular complexity index is 1280. The first-order valence-corrected chi connectivity index (χ1v) is 10.9. The van der Waals surface area contributed by atoms with E-state index in [1.165, 1.54) is 11.8 Å². The van der Waals surface area contributed by atoms with E-state index in [1.54, 1.807) is 10.6 Å². The lowest BCUT2D eigenvalue weighted by Crippen LogP contribution is -2.33. The fourth-order valence-electron chi connectivity index (χ4n) is 3.25. The monoisotopic (exact) mass is 421 g/mol. The van der Waals surface area contributed by atoms with Crippen molar-refractivity contribution in [1.82, 2.24) is 24.5 Å². The van der Waals surface area contributed by atoms with Crippen molar-refractivity contribution in [2.45, 2.75) is 38.4 Å². The SMILES string of the molecule is CCC(C)NC(=O)CSc1nnc2n(-c3ccc(C)cc3)c(=O)c3ccccc3n12. The second-order valence-corrected chi connectivity index (χ2v) is 8.22. The highest BCUT2D eigenvalue weighted by Crippen LogP contribution is 2.23. The van der Waals surface area contributed by atoms with E-state index >= 15 is 0 Å². The molecule has 1 N–H and O–H groups in total. The minimum absolute atomic E-state index is 0.0535. The summed E-state index contributed by atoms with van der Waals surface area (Å²) in [4.78, 5) is 25.5. The number of nitrogens with one attached hydrogen (secondary N) is 1. The van der Waals surface area contributed by atoms with Gasteiger partial charge in [-0.3, -0.25) is 14.0 Å². The summed E-state index contributed by atoms with van der Waals surface area (Å²) < 4.78 is 3.41. The lowest BCUT2D eigenvalue weighted by molar-refractivity contribution is -0.119. The summed E-state index contributed by atoms with van der Waals surface area (Å²) in [6, 6.07) is 15.2. The van der Waals surface area contributed by atoms with Crippen molar-refractivity contribution < 1.29 is 4.79 Å². The van der Waals surface area contributed by atoms with E-state index < -0.39 is 0 Å². The molecule has 0 saturated carbocycles. The maximum absolute atomic E-state index is 13.3. The normalized spacial score (nSPS) is 12.4. The molecular formula is C22H23N5O2S. The molecule has 0 aliphatic heterocycles. The number of thioether (sulfide) groups is 1. The minimum Gasteiger partial charge on any atom is -0.353 e. The standard InChI is InChI=1S/C22H23N5O2S/c1-4-15(3)23-19(28)13-30-22-25-24-21-26(16-11-9-14(2)10-12-16)20(29)17-7-5-6-8-18(17)27(21)22/h5-12,15H,4,13H2,1-3H3,(H,23,28). The van der Waals surface area contributed by atoms with E-state index in [-0.39, 0.29) is 23.3 Å². The van der Waals surface area contributed by atoms with Crippen LogP contribution in [0, 0.1) is 6.92 Å². The second-order valence-electron chi connectivity index (χ2n) is 7.28. The van der Waals surface area contributed by atoms with Gasteiger partial charge >= 0.3 is 0 Å². The fourth-order valence-corrected chi connectivity index (χ4v) is 4.00. The quantitative estimate of drug-likeness (QED) is 0.483. The second kappa shape index (κ2) is 8.31. The van der Waals surface area contributed by atoms with Crippen LogP contribution in [0.5, 0.6) is 0 Å². The maximum atomic E-state index is 13.3. The number of nitrogens with zero attached hydrogens (tertiary/aromatic N) is 4. The van der Waals surface area contributed by atoms with Gasteiger partial charge in [0.2, 0.25) is 11.7 Å².